The van der Waals surface area contributed by atoms with E-state index in [9.17, 15) is 4.79 Å². The molecule has 0 saturated heterocycles. The molecule has 4 nitrogen and oxygen atoms in total. The fraction of sp³-hybridized carbons (Fsp3) is 0.143. The molecule has 0 unspecified atom stereocenters. The minimum Gasteiger partial charge on any atom is -0.482 e. The van der Waals surface area contributed by atoms with Gasteiger partial charge in [-0.3, -0.25) is 9.78 Å². The van der Waals surface area contributed by atoms with Gasteiger partial charge in [-0.25, -0.2) is 0 Å². The van der Waals surface area contributed by atoms with E-state index in [2.05, 4.69) is 26.2 Å². The standard InChI is InChI=1S/C14H13BrN2O2/c1-10-4-5-11(7-13(10)15)17-14(18)9-19-12-3-2-6-16-8-12/h2-8H,9H2,1H3,(H,17,18). The Bertz CT molecular complexity index is 573. The van der Waals surface area contributed by atoms with Gasteiger partial charge >= 0.3 is 0 Å². The highest BCUT2D eigenvalue weighted by Crippen LogP contribution is 2.20. The molecule has 98 valence electrons. The Morgan fingerprint density at radius 2 is 2.26 bits per heavy atom. The van der Waals surface area contributed by atoms with Crippen molar-refractivity contribution in [2.45, 2.75) is 6.92 Å². The number of anilines is 1. The van der Waals surface area contributed by atoms with Crippen molar-refractivity contribution in [2.24, 2.45) is 0 Å². The maximum absolute atomic E-state index is 11.7. The zero-order valence-corrected chi connectivity index (χ0v) is 12.0. The molecule has 0 spiro atoms. The van der Waals surface area contributed by atoms with Gasteiger partial charge in [0.1, 0.15) is 5.75 Å². The van der Waals surface area contributed by atoms with E-state index in [0.717, 1.165) is 15.7 Å². The second-order valence-corrected chi connectivity index (χ2v) is 4.84. The third-order valence-corrected chi connectivity index (χ3v) is 3.31. The van der Waals surface area contributed by atoms with Crippen molar-refractivity contribution in [3.8, 4) is 5.75 Å². The number of carbonyl (C=O) groups is 1. The molecule has 1 N–H and O–H groups in total. The lowest BCUT2D eigenvalue weighted by Crippen LogP contribution is -2.20. The fourth-order valence-corrected chi connectivity index (χ4v) is 1.83. The van der Waals surface area contributed by atoms with Gasteiger partial charge in [-0.05, 0) is 36.8 Å². The molecule has 5 heteroatoms. The number of nitrogens with zero attached hydrogens (tertiary/aromatic N) is 1. The maximum Gasteiger partial charge on any atom is 0.262 e. The molecule has 1 amide bonds. The second kappa shape index (κ2) is 6.33. The van der Waals surface area contributed by atoms with Crippen molar-refractivity contribution in [1.82, 2.24) is 4.98 Å². The molecule has 0 radical (unpaired) electrons. The van der Waals surface area contributed by atoms with Crippen LogP contribution in [-0.4, -0.2) is 17.5 Å². The number of ether oxygens (including phenoxy) is 1. The molecule has 0 bridgehead atoms. The molecular weight excluding hydrogens is 308 g/mol. The number of aryl methyl sites for hydroxylation is 1. The Kier molecular flexibility index (Phi) is 4.52. The zero-order valence-electron chi connectivity index (χ0n) is 10.4. The van der Waals surface area contributed by atoms with E-state index in [-0.39, 0.29) is 12.5 Å². The average Bonchev–Trinajstić information content (AvgIpc) is 2.42. The van der Waals surface area contributed by atoms with Gasteiger partial charge < -0.3 is 10.1 Å². The Morgan fingerprint density at radius 1 is 1.42 bits per heavy atom. The first kappa shape index (κ1) is 13.5. The first-order chi connectivity index (χ1) is 9.15. The average molecular weight is 321 g/mol. The number of nitrogens with one attached hydrogen (secondary N) is 1. The number of aromatic nitrogens is 1. The van der Waals surface area contributed by atoms with E-state index in [1.165, 1.54) is 0 Å². The van der Waals surface area contributed by atoms with Crippen molar-refractivity contribution >= 4 is 27.5 Å². The predicted octanol–water partition coefficient (Wildman–Crippen LogP) is 3.17. The van der Waals surface area contributed by atoms with Crippen LogP contribution in [0.3, 0.4) is 0 Å². The van der Waals surface area contributed by atoms with Crippen molar-refractivity contribution in [3.63, 3.8) is 0 Å². The van der Waals surface area contributed by atoms with Crippen LogP contribution in [0.5, 0.6) is 5.75 Å². The van der Waals surface area contributed by atoms with Crippen molar-refractivity contribution in [1.29, 1.82) is 0 Å². The highest BCUT2D eigenvalue weighted by Gasteiger charge is 2.05. The molecule has 2 rings (SSSR count). The molecule has 1 aromatic heterocycles. The first-order valence-corrected chi connectivity index (χ1v) is 6.53. The van der Waals surface area contributed by atoms with Crippen LogP contribution in [0.15, 0.2) is 47.2 Å². The number of rotatable bonds is 4. The minimum absolute atomic E-state index is 0.0445. The van der Waals surface area contributed by atoms with Crippen molar-refractivity contribution < 1.29 is 9.53 Å². The smallest absolute Gasteiger partial charge is 0.262 e. The fourth-order valence-electron chi connectivity index (χ4n) is 1.45. The third kappa shape index (κ3) is 4.06. The third-order valence-electron chi connectivity index (χ3n) is 2.46. The largest absolute Gasteiger partial charge is 0.482 e. The van der Waals surface area contributed by atoms with Gasteiger partial charge in [0.25, 0.3) is 5.91 Å². The Labute approximate surface area is 119 Å². The molecule has 0 aliphatic heterocycles. The van der Waals surface area contributed by atoms with Crippen LogP contribution < -0.4 is 10.1 Å². The molecule has 0 fully saturated rings. The highest BCUT2D eigenvalue weighted by molar-refractivity contribution is 9.10. The number of amides is 1. The van der Waals surface area contributed by atoms with Crippen LogP contribution in [0.25, 0.3) is 0 Å². The van der Waals surface area contributed by atoms with E-state index in [1.807, 2.05) is 25.1 Å². The van der Waals surface area contributed by atoms with Gasteiger partial charge in [-0.1, -0.05) is 22.0 Å². The van der Waals surface area contributed by atoms with Gasteiger partial charge in [-0.2, -0.15) is 0 Å². The second-order valence-electron chi connectivity index (χ2n) is 3.99. The summed E-state index contributed by atoms with van der Waals surface area (Å²) in [5, 5.41) is 2.77. The van der Waals surface area contributed by atoms with Crippen molar-refractivity contribution in [2.75, 3.05) is 11.9 Å². The summed E-state index contributed by atoms with van der Waals surface area (Å²) in [6.45, 7) is 1.94. The molecule has 1 aromatic carbocycles. The van der Waals surface area contributed by atoms with E-state index in [4.69, 9.17) is 4.74 Å². The van der Waals surface area contributed by atoms with Crippen LogP contribution in [0.4, 0.5) is 5.69 Å². The van der Waals surface area contributed by atoms with Gasteiger partial charge in [0.15, 0.2) is 6.61 Å². The topological polar surface area (TPSA) is 51.2 Å². The van der Waals surface area contributed by atoms with E-state index < -0.39 is 0 Å². The lowest BCUT2D eigenvalue weighted by Gasteiger charge is -2.08. The first-order valence-electron chi connectivity index (χ1n) is 5.74. The molecule has 0 aliphatic rings. The monoisotopic (exact) mass is 320 g/mol. The summed E-state index contributed by atoms with van der Waals surface area (Å²) in [4.78, 5) is 15.6. The molecule has 19 heavy (non-hydrogen) atoms. The number of benzene rings is 1. The van der Waals surface area contributed by atoms with Gasteiger partial charge in [0, 0.05) is 16.4 Å². The van der Waals surface area contributed by atoms with Crippen molar-refractivity contribution in [3.05, 3.63) is 52.8 Å². The predicted molar refractivity (Wildman–Crippen MR) is 77.2 cm³/mol. The van der Waals surface area contributed by atoms with Crippen LogP contribution in [0.2, 0.25) is 0 Å². The van der Waals surface area contributed by atoms with Crippen LogP contribution in [-0.2, 0) is 4.79 Å². The number of halogens is 1. The molecule has 0 aliphatic carbocycles. The van der Waals surface area contributed by atoms with Crippen LogP contribution >= 0.6 is 15.9 Å². The summed E-state index contributed by atoms with van der Waals surface area (Å²) in [7, 11) is 0. The van der Waals surface area contributed by atoms with Crippen LogP contribution in [0.1, 0.15) is 5.56 Å². The zero-order chi connectivity index (χ0) is 13.7. The summed E-state index contributed by atoms with van der Waals surface area (Å²) < 4.78 is 6.26. The molecule has 1 heterocycles. The Hall–Kier alpha value is -1.88. The lowest BCUT2D eigenvalue weighted by atomic mass is 10.2. The molecule has 2 aromatic rings. The lowest BCUT2D eigenvalue weighted by molar-refractivity contribution is -0.118. The number of hydrogen-bond acceptors (Lipinski definition) is 3. The maximum atomic E-state index is 11.7. The van der Waals surface area contributed by atoms with E-state index in [1.54, 1.807) is 24.5 Å². The van der Waals surface area contributed by atoms with Gasteiger partial charge in [0.05, 0.1) is 6.20 Å². The summed E-state index contributed by atoms with van der Waals surface area (Å²) >= 11 is 3.42. The summed E-state index contributed by atoms with van der Waals surface area (Å²) in [5.41, 5.74) is 1.85. The van der Waals surface area contributed by atoms with Gasteiger partial charge in [-0.15, -0.1) is 0 Å². The SMILES string of the molecule is Cc1ccc(NC(=O)COc2cccnc2)cc1Br. The highest BCUT2D eigenvalue weighted by atomic mass is 79.9. The number of hydrogen-bond donors (Lipinski definition) is 1. The Balaban J connectivity index is 1.89. The quantitative estimate of drug-likeness (QED) is 0.941. The summed E-state index contributed by atoms with van der Waals surface area (Å²) in [6, 6.07) is 9.15. The summed E-state index contributed by atoms with van der Waals surface area (Å²) in [5.74, 6) is 0.363. The Morgan fingerprint density at radius 3 is 2.95 bits per heavy atom. The van der Waals surface area contributed by atoms with E-state index in [0.29, 0.717) is 5.75 Å². The number of carbonyl (C=O) groups excluding carboxylic acids is 1. The molecule has 0 atom stereocenters. The number of pyridine rings is 1. The molecular formula is C14H13BrN2O2. The normalized spacial score (nSPS) is 10.0. The van der Waals surface area contributed by atoms with Gasteiger partial charge in [0.2, 0.25) is 0 Å². The summed E-state index contributed by atoms with van der Waals surface area (Å²) in [6.07, 6.45) is 3.21. The molecule has 0 saturated carbocycles. The van der Waals surface area contributed by atoms with E-state index >= 15 is 0 Å². The van der Waals surface area contributed by atoms with Crippen LogP contribution in [0, 0.1) is 6.92 Å². The minimum atomic E-state index is -0.209.